The van der Waals surface area contributed by atoms with Crippen LogP contribution in [0.2, 0.25) is 0 Å². The van der Waals surface area contributed by atoms with Crippen molar-refractivity contribution in [3.63, 3.8) is 0 Å². The zero-order chi connectivity index (χ0) is 13.9. The second-order valence-corrected chi connectivity index (χ2v) is 6.16. The summed E-state index contributed by atoms with van der Waals surface area (Å²) in [5, 5.41) is 9.48. The molecule has 2 aromatic carbocycles. The lowest BCUT2D eigenvalue weighted by molar-refractivity contribution is 0.199. The van der Waals surface area contributed by atoms with E-state index in [0.717, 1.165) is 17.1 Å². The Hall–Kier alpha value is -1.45. The van der Waals surface area contributed by atoms with Crippen LogP contribution in [0.25, 0.3) is 0 Å². The van der Waals surface area contributed by atoms with Crippen molar-refractivity contribution < 1.29 is 9.84 Å². The van der Waals surface area contributed by atoms with Gasteiger partial charge in [-0.2, -0.15) is 0 Å². The Balaban J connectivity index is 1.63. The number of fused-ring (bicyclic) bond motifs is 1. The average molecular weight is 286 g/mol. The molecule has 0 bridgehead atoms. The summed E-state index contributed by atoms with van der Waals surface area (Å²) in [5.41, 5.74) is 2.32. The van der Waals surface area contributed by atoms with Gasteiger partial charge in [-0.15, -0.1) is 11.8 Å². The molecule has 1 aliphatic rings. The quantitative estimate of drug-likeness (QED) is 0.921. The third-order valence-corrected chi connectivity index (χ3v) is 4.86. The fourth-order valence-corrected chi connectivity index (χ4v) is 3.64. The van der Waals surface area contributed by atoms with Crippen molar-refractivity contribution in [2.45, 2.75) is 23.8 Å². The van der Waals surface area contributed by atoms with Gasteiger partial charge in [-0.1, -0.05) is 30.3 Å². The van der Waals surface area contributed by atoms with E-state index in [-0.39, 0.29) is 0 Å². The van der Waals surface area contributed by atoms with Crippen LogP contribution in [-0.2, 0) is 0 Å². The Kier molecular flexibility index (Phi) is 3.99. The fourth-order valence-electron chi connectivity index (χ4n) is 2.41. The van der Waals surface area contributed by atoms with E-state index in [1.54, 1.807) is 6.92 Å². The summed E-state index contributed by atoms with van der Waals surface area (Å²) in [6, 6.07) is 16.2. The van der Waals surface area contributed by atoms with Crippen LogP contribution in [0.3, 0.4) is 0 Å². The van der Waals surface area contributed by atoms with Crippen LogP contribution in [0.15, 0.2) is 53.4 Å². The van der Waals surface area contributed by atoms with Crippen molar-refractivity contribution >= 4 is 11.8 Å². The summed E-state index contributed by atoms with van der Waals surface area (Å²) in [4.78, 5) is 1.38. The van der Waals surface area contributed by atoms with Crippen LogP contribution in [0.4, 0.5) is 0 Å². The van der Waals surface area contributed by atoms with Gasteiger partial charge in [0.05, 0.1) is 12.7 Å². The normalized spacial score (nSPS) is 18.6. The molecule has 0 fully saturated rings. The van der Waals surface area contributed by atoms with E-state index in [0.29, 0.717) is 12.5 Å². The Bertz CT molecular complexity index is 578. The number of rotatable bonds is 4. The van der Waals surface area contributed by atoms with Gasteiger partial charge in [0.1, 0.15) is 5.75 Å². The number of hydrogen-bond acceptors (Lipinski definition) is 3. The monoisotopic (exact) mass is 286 g/mol. The van der Waals surface area contributed by atoms with Gasteiger partial charge in [0.15, 0.2) is 0 Å². The van der Waals surface area contributed by atoms with E-state index in [2.05, 4.69) is 24.3 Å². The van der Waals surface area contributed by atoms with E-state index in [9.17, 15) is 5.11 Å². The third-order valence-electron chi connectivity index (χ3n) is 3.61. The second kappa shape index (κ2) is 5.90. The molecule has 20 heavy (non-hydrogen) atoms. The first-order chi connectivity index (χ1) is 9.74. The molecule has 0 radical (unpaired) electrons. The summed E-state index contributed by atoms with van der Waals surface area (Å²) < 4.78 is 5.89. The Morgan fingerprint density at radius 2 is 1.95 bits per heavy atom. The van der Waals surface area contributed by atoms with Crippen molar-refractivity contribution in [1.82, 2.24) is 0 Å². The van der Waals surface area contributed by atoms with Crippen LogP contribution in [0, 0.1) is 0 Å². The Morgan fingerprint density at radius 1 is 1.20 bits per heavy atom. The molecular formula is C17H18O2S. The van der Waals surface area contributed by atoms with Crippen LogP contribution in [-0.4, -0.2) is 17.5 Å². The maximum Gasteiger partial charge on any atom is 0.119 e. The van der Waals surface area contributed by atoms with Crippen LogP contribution >= 0.6 is 11.8 Å². The molecule has 1 N–H and O–H groups in total. The van der Waals surface area contributed by atoms with Gasteiger partial charge >= 0.3 is 0 Å². The molecule has 0 saturated carbocycles. The first-order valence-corrected chi connectivity index (χ1v) is 7.85. The number of aliphatic hydroxyl groups excluding tert-OH is 1. The summed E-state index contributed by atoms with van der Waals surface area (Å²) in [5.74, 6) is 2.42. The highest BCUT2D eigenvalue weighted by atomic mass is 32.2. The maximum atomic E-state index is 9.48. The van der Waals surface area contributed by atoms with E-state index < -0.39 is 6.10 Å². The van der Waals surface area contributed by atoms with Gasteiger partial charge < -0.3 is 9.84 Å². The lowest BCUT2D eigenvalue weighted by Gasteiger charge is -2.13. The first kappa shape index (κ1) is 13.5. The number of aliphatic hydroxyl groups is 1. The first-order valence-electron chi connectivity index (χ1n) is 6.86. The predicted octanol–water partition coefficient (Wildman–Crippen LogP) is 4.01. The third kappa shape index (κ3) is 2.84. The fraction of sp³-hybridized carbons (Fsp3) is 0.294. The van der Waals surface area contributed by atoms with Gasteiger partial charge in [-0.3, -0.25) is 0 Å². The van der Waals surface area contributed by atoms with E-state index in [1.165, 1.54) is 10.5 Å². The number of thioether (sulfide) groups is 1. The molecule has 0 amide bonds. The molecule has 0 spiro atoms. The molecule has 104 valence electrons. The van der Waals surface area contributed by atoms with Crippen molar-refractivity contribution in [1.29, 1.82) is 0 Å². The number of ether oxygens (including phenoxy) is 1. The molecule has 2 atom stereocenters. The summed E-state index contributed by atoms with van der Waals surface area (Å²) in [6.45, 7) is 2.47. The molecule has 3 rings (SSSR count). The molecule has 1 heterocycles. The molecule has 2 nitrogen and oxygen atoms in total. The van der Waals surface area contributed by atoms with Gasteiger partial charge in [0.25, 0.3) is 0 Å². The van der Waals surface area contributed by atoms with Gasteiger partial charge in [0.2, 0.25) is 0 Å². The highest BCUT2D eigenvalue weighted by Gasteiger charge is 2.23. The summed E-state index contributed by atoms with van der Waals surface area (Å²) >= 11 is 1.90. The van der Waals surface area contributed by atoms with Crippen molar-refractivity contribution in [2.75, 3.05) is 12.4 Å². The van der Waals surface area contributed by atoms with Gasteiger partial charge in [0, 0.05) is 16.6 Å². The minimum absolute atomic E-state index is 0.429. The SMILES string of the molecule is C[C@H](O)c1ccc(OCC2CSc3ccccc32)cc1. The highest BCUT2D eigenvalue weighted by Crippen LogP contribution is 2.39. The molecule has 1 aliphatic heterocycles. The van der Waals surface area contributed by atoms with Crippen LogP contribution < -0.4 is 4.74 Å². The lowest BCUT2D eigenvalue weighted by Crippen LogP contribution is -2.09. The largest absolute Gasteiger partial charge is 0.493 e. The standard InChI is InChI=1S/C17H18O2S/c1-12(18)13-6-8-15(9-7-13)19-10-14-11-20-17-5-3-2-4-16(14)17/h2-9,12,14,18H,10-11H2,1H3/t12-,14?/m0/s1. The maximum absolute atomic E-state index is 9.48. The summed E-state index contributed by atoms with van der Waals surface area (Å²) in [6.07, 6.45) is -0.429. The average Bonchev–Trinajstić information content (AvgIpc) is 2.89. The number of benzene rings is 2. The molecule has 0 aromatic heterocycles. The minimum atomic E-state index is -0.429. The molecule has 3 heteroatoms. The van der Waals surface area contributed by atoms with E-state index >= 15 is 0 Å². The molecule has 1 unspecified atom stereocenters. The van der Waals surface area contributed by atoms with Crippen LogP contribution in [0.1, 0.15) is 30.1 Å². The molecular weight excluding hydrogens is 268 g/mol. The van der Waals surface area contributed by atoms with Crippen molar-refractivity contribution in [3.8, 4) is 5.75 Å². The molecule has 2 aromatic rings. The van der Waals surface area contributed by atoms with E-state index in [1.807, 2.05) is 36.0 Å². The zero-order valence-electron chi connectivity index (χ0n) is 11.5. The van der Waals surface area contributed by atoms with Crippen molar-refractivity contribution in [2.24, 2.45) is 0 Å². The van der Waals surface area contributed by atoms with Gasteiger partial charge in [-0.05, 0) is 36.2 Å². The smallest absolute Gasteiger partial charge is 0.119 e. The van der Waals surface area contributed by atoms with Crippen molar-refractivity contribution in [3.05, 3.63) is 59.7 Å². The number of hydrogen-bond donors (Lipinski definition) is 1. The minimum Gasteiger partial charge on any atom is -0.493 e. The Morgan fingerprint density at radius 3 is 2.70 bits per heavy atom. The predicted molar refractivity (Wildman–Crippen MR) is 82.5 cm³/mol. The van der Waals surface area contributed by atoms with Crippen LogP contribution in [0.5, 0.6) is 5.75 Å². The Labute approximate surface area is 123 Å². The highest BCUT2D eigenvalue weighted by molar-refractivity contribution is 7.99. The topological polar surface area (TPSA) is 29.5 Å². The molecule has 0 aliphatic carbocycles. The lowest BCUT2D eigenvalue weighted by atomic mass is 10.0. The van der Waals surface area contributed by atoms with Gasteiger partial charge in [-0.25, -0.2) is 0 Å². The van der Waals surface area contributed by atoms with E-state index in [4.69, 9.17) is 4.74 Å². The second-order valence-electron chi connectivity index (χ2n) is 5.10. The molecule has 0 saturated heterocycles. The summed E-state index contributed by atoms with van der Waals surface area (Å²) in [7, 11) is 0. The zero-order valence-corrected chi connectivity index (χ0v) is 12.3.